The SMILES string of the molecule is Cc1ncc(Br)cc1N1CC(S(=O)(=O)F)CC1=O. The fraction of sp³-hybridized carbons (Fsp3) is 0.400. The normalized spacial score (nSPS) is 20.5. The fourth-order valence-corrected chi connectivity index (χ4v) is 2.85. The third-order valence-corrected chi connectivity index (χ3v) is 4.35. The number of halogens is 2. The number of hydrogen-bond acceptors (Lipinski definition) is 4. The number of nitrogens with zero attached hydrogens (tertiary/aromatic N) is 2. The van der Waals surface area contributed by atoms with E-state index in [0.29, 0.717) is 15.9 Å². The first-order valence-electron chi connectivity index (χ1n) is 5.15. The molecule has 2 rings (SSSR count). The maximum atomic E-state index is 12.9. The highest BCUT2D eigenvalue weighted by Crippen LogP contribution is 2.29. The third-order valence-electron chi connectivity index (χ3n) is 2.81. The highest BCUT2D eigenvalue weighted by molar-refractivity contribution is 9.10. The molecule has 0 aliphatic carbocycles. The van der Waals surface area contributed by atoms with E-state index in [-0.39, 0.29) is 13.0 Å². The molecular weight excluding hydrogens is 327 g/mol. The van der Waals surface area contributed by atoms with Gasteiger partial charge in [-0.25, -0.2) is 0 Å². The molecule has 1 atom stereocenters. The highest BCUT2D eigenvalue weighted by atomic mass is 79.9. The molecule has 98 valence electrons. The van der Waals surface area contributed by atoms with Gasteiger partial charge in [-0.2, -0.15) is 8.42 Å². The topological polar surface area (TPSA) is 67.3 Å². The number of amides is 1. The lowest BCUT2D eigenvalue weighted by atomic mass is 10.3. The zero-order valence-electron chi connectivity index (χ0n) is 9.43. The van der Waals surface area contributed by atoms with Crippen molar-refractivity contribution in [3.05, 3.63) is 22.4 Å². The third kappa shape index (κ3) is 2.54. The van der Waals surface area contributed by atoms with Crippen molar-refractivity contribution in [1.29, 1.82) is 0 Å². The molecule has 0 bridgehead atoms. The highest BCUT2D eigenvalue weighted by Gasteiger charge is 2.39. The largest absolute Gasteiger partial charge is 0.309 e. The molecule has 0 saturated carbocycles. The second-order valence-electron chi connectivity index (χ2n) is 4.06. The molecule has 1 aromatic rings. The number of hydrogen-bond donors (Lipinski definition) is 0. The molecule has 0 aromatic carbocycles. The van der Waals surface area contributed by atoms with E-state index >= 15 is 0 Å². The molecule has 1 aliphatic heterocycles. The number of aryl methyl sites for hydroxylation is 1. The van der Waals surface area contributed by atoms with Gasteiger partial charge in [-0.15, -0.1) is 3.89 Å². The summed E-state index contributed by atoms with van der Waals surface area (Å²) in [7, 11) is -4.69. The Bertz CT molecular complexity index is 605. The Morgan fingerprint density at radius 2 is 2.22 bits per heavy atom. The first-order chi connectivity index (χ1) is 8.29. The van der Waals surface area contributed by atoms with Crippen LogP contribution in [0.1, 0.15) is 12.1 Å². The van der Waals surface area contributed by atoms with Gasteiger partial charge in [0.2, 0.25) is 5.91 Å². The number of anilines is 1. The molecule has 5 nitrogen and oxygen atoms in total. The van der Waals surface area contributed by atoms with Crippen LogP contribution in [0.5, 0.6) is 0 Å². The van der Waals surface area contributed by atoms with Crippen LogP contribution in [0.3, 0.4) is 0 Å². The summed E-state index contributed by atoms with van der Waals surface area (Å²) in [5.41, 5.74) is 1.09. The molecule has 18 heavy (non-hydrogen) atoms. The Kier molecular flexibility index (Phi) is 3.41. The lowest BCUT2D eigenvalue weighted by Crippen LogP contribution is -2.27. The van der Waals surface area contributed by atoms with Crippen molar-refractivity contribution >= 4 is 37.7 Å². The summed E-state index contributed by atoms with van der Waals surface area (Å²) in [6.45, 7) is 1.53. The zero-order chi connectivity index (χ0) is 13.5. The summed E-state index contributed by atoms with van der Waals surface area (Å²) in [6, 6.07) is 1.66. The number of aromatic nitrogens is 1. The molecule has 8 heteroatoms. The molecule has 1 unspecified atom stereocenters. The zero-order valence-corrected chi connectivity index (χ0v) is 11.8. The van der Waals surface area contributed by atoms with Gasteiger partial charge in [-0.3, -0.25) is 9.78 Å². The van der Waals surface area contributed by atoms with Gasteiger partial charge < -0.3 is 4.90 Å². The summed E-state index contributed by atoms with van der Waals surface area (Å²) in [4.78, 5) is 17.1. The standard InChI is InChI=1S/C10H10BrFN2O3S/c1-6-9(2-7(11)4-13-6)14-5-8(3-10(14)15)18(12,16)17/h2,4,8H,3,5H2,1H3. The van der Waals surface area contributed by atoms with Crippen molar-refractivity contribution in [3.63, 3.8) is 0 Å². The van der Waals surface area contributed by atoms with Crippen LogP contribution in [-0.2, 0) is 15.0 Å². The molecule has 1 amide bonds. The average Bonchev–Trinajstić information content (AvgIpc) is 2.64. The van der Waals surface area contributed by atoms with Gasteiger partial charge in [0.25, 0.3) is 0 Å². The molecule has 1 aliphatic rings. The van der Waals surface area contributed by atoms with Crippen molar-refractivity contribution in [3.8, 4) is 0 Å². The van der Waals surface area contributed by atoms with E-state index in [9.17, 15) is 17.1 Å². The first kappa shape index (κ1) is 13.4. The van der Waals surface area contributed by atoms with Crippen molar-refractivity contribution in [2.24, 2.45) is 0 Å². The Balaban J connectivity index is 2.35. The summed E-state index contributed by atoms with van der Waals surface area (Å²) in [5.74, 6) is -0.413. The summed E-state index contributed by atoms with van der Waals surface area (Å²) in [5, 5.41) is -1.29. The second kappa shape index (κ2) is 4.58. The van der Waals surface area contributed by atoms with Crippen molar-refractivity contribution in [2.45, 2.75) is 18.6 Å². The van der Waals surface area contributed by atoms with E-state index in [2.05, 4.69) is 20.9 Å². The first-order valence-corrected chi connectivity index (χ1v) is 7.39. The van der Waals surface area contributed by atoms with E-state index in [1.807, 2.05) is 0 Å². The quantitative estimate of drug-likeness (QED) is 0.768. The van der Waals surface area contributed by atoms with Crippen LogP contribution in [0.25, 0.3) is 0 Å². The van der Waals surface area contributed by atoms with Crippen LogP contribution < -0.4 is 4.90 Å². The van der Waals surface area contributed by atoms with Crippen LogP contribution in [0.15, 0.2) is 16.7 Å². The molecule has 0 spiro atoms. The number of carbonyl (C=O) groups excluding carboxylic acids is 1. The van der Waals surface area contributed by atoms with Crippen LogP contribution in [0.4, 0.5) is 9.57 Å². The number of pyridine rings is 1. The van der Waals surface area contributed by atoms with Crippen LogP contribution >= 0.6 is 15.9 Å². The molecular formula is C10H10BrFN2O3S. The minimum atomic E-state index is -4.69. The van der Waals surface area contributed by atoms with E-state index in [1.165, 1.54) is 4.90 Å². The van der Waals surface area contributed by atoms with Gasteiger partial charge in [0, 0.05) is 23.6 Å². The molecule has 0 N–H and O–H groups in total. The molecule has 1 fully saturated rings. The van der Waals surface area contributed by atoms with Crippen molar-refractivity contribution in [1.82, 2.24) is 4.98 Å². The average molecular weight is 337 g/mol. The molecule has 0 radical (unpaired) electrons. The Morgan fingerprint density at radius 3 is 2.78 bits per heavy atom. The van der Waals surface area contributed by atoms with Crippen LogP contribution in [-0.4, -0.2) is 31.1 Å². The van der Waals surface area contributed by atoms with Gasteiger partial charge >= 0.3 is 10.2 Å². The summed E-state index contributed by atoms with van der Waals surface area (Å²) >= 11 is 3.23. The van der Waals surface area contributed by atoms with E-state index in [4.69, 9.17) is 0 Å². The van der Waals surface area contributed by atoms with E-state index in [1.54, 1.807) is 19.2 Å². The Labute approximate surface area is 112 Å². The lowest BCUT2D eigenvalue weighted by Gasteiger charge is -2.18. The maximum Gasteiger partial charge on any atom is 0.307 e. The monoisotopic (exact) mass is 336 g/mol. The predicted octanol–water partition coefficient (Wildman–Crippen LogP) is 1.56. The van der Waals surface area contributed by atoms with Gasteiger partial charge in [0.05, 0.1) is 11.4 Å². The number of carbonyl (C=O) groups is 1. The van der Waals surface area contributed by atoms with E-state index in [0.717, 1.165) is 0 Å². The minimum Gasteiger partial charge on any atom is -0.309 e. The summed E-state index contributed by atoms with van der Waals surface area (Å²) < 4.78 is 35.2. The Hall–Kier alpha value is -1.02. The second-order valence-corrected chi connectivity index (χ2v) is 6.60. The smallest absolute Gasteiger partial charge is 0.307 e. The number of rotatable bonds is 2. The lowest BCUT2D eigenvalue weighted by molar-refractivity contribution is -0.117. The molecule has 1 saturated heterocycles. The maximum absolute atomic E-state index is 12.9. The molecule has 2 heterocycles. The van der Waals surface area contributed by atoms with Crippen molar-refractivity contribution in [2.75, 3.05) is 11.4 Å². The minimum absolute atomic E-state index is 0.170. The molecule has 1 aromatic heterocycles. The van der Waals surface area contributed by atoms with Gasteiger partial charge in [-0.05, 0) is 28.9 Å². The van der Waals surface area contributed by atoms with Crippen LogP contribution in [0.2, 0.25) is 0 Å². The van der Waals surface area contributed by atoms with Crippen LogP contribution in [0, 0.1) is 6.92 Å². The van der Waals surface area contributed by atoms with Gasteiger partial charge in [0.1, 0.15) is 5.25 Å². The summed E-state index contributed by atoms with van der Waals surface area (Å²) in [6.07, 6.45) is 1.24. The van der Waals surface area contributed by atoms with E-state index < -0.39 is 21.4 Å². The van der Waals surface area contributed by atoms with Crippen molar-refractivity contribution < 1.29 is 17.1 Å². The predicted molar refractivity (Wildman–Crippen MR) is 67.5 cm³/mol. The Morgan fingerprint density at radius 1 is 1.56 bits per heavy atom. The fourth-order valence-electron chi connectivity index (χ4n) is 1.87. The van der Waals surface area contributed by atoms with Gasteiger partial charge in [0.15, 0.2) is 0 Å². The van der Waals surface area contributed by atoms with Gasteiger partial charge in [-0.1, -0.05) is 0 Å².